The number of carbonyl (C=O) groups is 2. The lowest BCUT2D eigenvalue weighted by atomic mass is 9.72. The van der Waals surface area contributed by atoms with Crippen molar-refractivity contribution in [1.29, 1.82) is 0 Å². The predicted octanol–water partition coefficient (Wildman–Crippen LogP) is 1.46. The number of nitrogens with zero attached hydrogens (tertiary/aromatic N) is 3. The zero-order chi connectivity index (χ0) is 20.1. The van der Waals surface area contributed by atoms with Gasteiger partial charge in [-0.25, -0.2) is 4.39 Å². The van der Waals surface area contributed by atoms with Gasteiger partial charge in [-0.15, -0.1) is 0 Å². The number of piperidine rings is 1. The van der Waals surface area contributed by atoms with Gasteiger partial charge in [0, 0.05) is 38.1 Å². The molecule has 1 aromatic carbocycles. The van der Waals surface area contributed by atoms with Crippen LogP contribution in [-0.4, -0.2) is 56.2 Å². The Balaban J connectivity index is 1.73. The zero-order valence-electron chi connectivity index (χ0n) is 15.3. The molecule has 1 aliphatic rings. The van der Waals surface area contributed by atoms with Crippen LogP contribution < -0.4 is 0 Å². The highest BCUT2D eigenvalue weighted by atomic mass is 19.1. The monoisotopic (exact) mass is 387 g/mol. The van der Waals surface area contributed by atoms with Crippen LogP contribution in [0, 0.1) is 11.2 Å². The normalized spacial score (nSPS) is 22.1. The highest BCUT2D eigenvalue weighted by Crippen LogP contribution is 2.35. The molecule has 8 heteroatoms. The molecule has 1 aromatic heterocycles. The minimum atomic E-state index is -1.53. The average molecular weight is 387 g/mol. The van der Waals surface area contributed by atoms with E-state index in [1.807, 2.05) is 0 Å². The van der Waals surface area contributed by atoms with E-state index < -0.39 is 23.3 Å². The maximum atomic E-state index is 13.2. The number of halogens is 1. The van der Waals surface area contributed by atoms with E-state index in [1.54, 1.807) is 18.6 Å². The van der Waals surface area contributed by atoms with E-state index in [-0.39, 0.29) is 31.7 Å². The SMILES string of the molecule is O=C(CCc1cnccn1)N1CC[C@@H](O)[C@](Cc2ccc(F)cc2)(C(=O)O)C1. The number of carboxylic acids is 1. The Labute approximate surface area is 161 Å². The average Bonchev–Trinajstić information content (AvgIpc) is 2.70. The van der Waals surface area contributed by atoms with Crippen molar-refractivity contribution in [2.75, 3.05) is 13.1 Å². The summed E-state index contributed by atoms with van der Waals surface area (Å²) < 4.78 is 13.2. The number of aliphatic carboxylic acids is 1. The number of rotatable bonds is 6. The molecule has 2 N–H and O–H groups in total. The van der Waals surface area contributed by atoms with Crippen molar-refractivity contribution in [3.8, 4) is 0 Å². The number of likely N-dealkylation sites (tertiary alicyclic amines) is 1. The standard InChI is InChI=1S/C20H22FN3O4/c21-15-3-1-14(2-4-15)11-20(19(27)28)13-24(10-7-17(20)25)18(26)6-5-16-12-22-8-9-23-16/h1-4,8-9,12,17,25H,5-7,10-11,13H2,(H,27,28)/t17-,20-/m1/s1. The van der Waals surface area contributed by atoms with Crippen molar-refractivity contribution in [2.45, 2.75) is 31.8 Å². The summed E-state index contributed by atoms with van der Waals surface area (Å²) in [5, 5.41) is 20.4. The number of benzene rings is 1. The first-order chi connectivity index (χ1) is 13.4. The molecule has 1 saturated heterocycles. The van der Waals surface area contributed by atoms with Gasteiger partial charge in [-0.05, 0) is 37.0 Å². The van der Waals surface area contributed by atoms with E-state index in [4.69, 9.17) is 0 Å². The van der Waals surface area contributed by atoms with Crippen LogP contribution in [0.1, 0.15) is 24.1 Å². The number of aliphatic hydroxyl groups excluding tert-OH is 1. The van der Waals surface area contributed by atoms with E-state index in [0.29, 0.717) is 24.2 Å². The highest BCUT2D eigenvalue weighted by Gasteiger charge is 2.50. The van der Waals surface area contributed by atoms with Gasteiger partial charge in [0.05, 0.1) is 11.8 Å². The van der Waals surface area contributed by atoms with Crippen molar-refractivity contribution < 1.29 is 24.2 Å². The van der Waals surface area contributed by atoms with E-state index in [9.17, 15) is 24.2 Å². The quantitative estimate of drug-likeness (QED) is 0.778. The highest BCUT2D eigenvalue weighted by molar-refractivity contribution is 5.80. The summed E-state index contributed by atoms with van der Waals surface area (Å²) in [6, 6.07) is 5.51. The molecule has 1 amide bonds. The lowest BCUT2D eigenvalue weighted by Gasteiger charge is -2.43. The molecule has 148 valence electrons. The molecular formula is C20H22FN3O4. The summed E-state index contributed by atoms with van der Waals surface area (Å²) in [7, 11) is 0. The first-order valence-corrected chi connectivity index (χ1v) is 9.09. The smallest absolute Gasteiger partial charge is 0.314 e. The van der Waals surface area contributed by atoms with E-state index in [2.05, 4.69) is 9.97 Å². The molecule has 2 aromatic rings. The Morgan fingerprint density at radius 2 is 2.00 bits per heavy atom. The second-order valence-corrected chi connectivity index (χ2v) is 7.08. The van der Waals surface area contributed by atoms with Crippen LogP contribution in [0.4, 0.5) is 4.39 Å². The summed E-state index contributed by atoms with van der Waals surface area (Å²) in [6.07, 6.45) is 4.36. The topological polar surface area (TPSA) is 104 Å². The molecule has 1 fully saturated rings. The second kappa shape index (κ2) is 8.43. The van der Waals surface area contributed by atoms with Gasteiger partial charge >= 0.3 is 5.97 Å². The van der Waals surface area contributed by atoms with Crippen LogP contribution in [0.25, 0.3) is 0 Å². The summed E-state index contributed by atoms with van der Waals surface area (Å²) in [5.74, 6) is -1.78. The first kappa shape index (κ1) is 19.9. The van der Waals surface area contributed by atoms with E-state index >= 15 is 0 Å². The van der Waals surface area contributed by atoms with Crippen molar-refractivity contribution in [2.24, 2.45) is 5.41 Å². The number of amides is 1. The van der Waals surface area contributed by atoms with Gasteiger partial charge in [-0.2, -0.15) is 0 Å². The Bertz CT molecular complexity index is 831. The molecule has 0 aliphatic carbocycles. The lowest BCUT2D eigenvalue weighted by molar-refractivity contribution is -0.165. The van der Waals surface area contributed by atoms with Gasteiger partial charge in [0.15, 0.2) is 0 Å². The van der Waals surface area contributed by atoms with Crippen LogP contribution in [0.5, 0.6) is 0 Å². The summed E-state index contributed by atoms with van der Waals surface area (Å²) >= 11 is 0. The summed E-state index contributed by atoms with van der Waals surface area (Å²) in [4.78, 5) is 34.3. The number of hydrogen-bond acceptors (Lipinski definition) is 5. The third kappa shape index (κ3) is 4.33. The molecule has 0 radical (unpaired) electrons. The van der Waals surface area contributed by atoms with Gasteiger partial charge < -0.3 is 15.1 Å². The van der Waals surface area contributed by atoms with Gasteiger partial charge in [-0.1, -0.05) is 12.1 Å². The molecule has 28 heavy (non-hydrogen) atoms. The van der Waals surface area contributed by atoms with Crippen molar-refractivity contribution >= 4 is 11.9 Å². The minimum Gasteiger partial charge on any atom is -0.481 e. The fourth-order valence-corrected chi connectivity index (χ4v) is 3.57. The van der Waals surface area contributed by atoms with Gasteiger partial charge in [0.2, 0.25) is 5.91 Å². The van der Waals surface area contributed by atoms with Crippen LogP contribution in [-0.2, 0) is 22.4 Å². The fourth-order valence-electron chi connectivity index (χ4n) is 3.57. The van der Waals surface area contributed by atoms with Crippen molar-refractivity contribution in [1.82, 2.24) is 14.9 Å². The van der Waals surface area contributed by atoms with Gasteiger partial charge in [0.1, 0.15) is 11.2 Å². The molecule has 3 rings (SSSR count). The number of aromatic nitrogens is 2. The molecule has 0 unspecified atom stereocenters. The third-order valence-corrected chi connectivity index (χ3v) is 5.21. The Hall–Kier alpha value is -2.87. The maximum absolute atomic E-state index is 13.2. The molecule has 2 heterocycles. The number of carboxylic acid groups (broad SMARTS) is 1. The Kier molecular flexibility index (Phi) is 5.99. The van der Waals surface area contributed by atoms with Crippen molar-refractivity contribution in [3.05, 3.63) is 59.9 Å². The molecule has 0 spiro atoms. The molecule has 0 saturated carbocycles. The Morgan fingerprint density at radius 3 is 2.64 bits per heavy atom. The van der Waals surface area contributed by atoms with Gasteiger partial charge in [0.25, 0.3) is 0 Å². The number of aryl methyl sites for hydroxylation is 1. The number of carbonyl (C=O) groups excluding carboxylic acids is 1. The van der Waals surface area contributed by atoms with Crippen LogP contribution >= 0.6 is 0 Å². The largest absolute Gasteiger partial charge is 0.481 e. The number of hydrogen-bond donors (Lipinski definition) is 2. The van der Waals surface area contributed by atoms with Crippen LogP contribution in [0.2, 0.25) is 0 Å². The fraction of sp³-hybridized carbons (Fsp3) is 0.400. The Morgan fingerprint density at radius 1 is 1.25 bits per heavy atom. The lowest BCUT2D eigenvalue weighted by Crippen LogP contribution is -2.58. The maximum Gasteiger partial charge on any atom is 0.314 e. The third-order valence-electron chi connectivity index (χ3n) is 5.21. The molecule has 1 aliphatic heterocycles. The zero-order valence-corrected chi connectivity index (χ0v) is 15.3. The first-order valence-electron chi connectivity index (χ1n) is 9.09. The summed E-state index contributed by atoms with van der Waals surface area (Å²) in [6.45, 7) is 0.194. The van der Waals surface area contributed by atoms with Crippen molar-refractivity contribution in [3.63, 3.8) is 0 Å². The molecular weight excluding hydrogens is 365 g/mol. The minimum absolute atomic E-state index is 0.0116. The van der Waals surface area contributed by atoms with Crippen LogP contribution in [0.3, 0.4) is 0 Å². The second-order valence-electron chi connectivity index (χ2n) is 7.08. The number of aliphatic hydroxyl groups is 1. The summed E-state index contributed by atoms with van der Waals surface area (Å²) in [5.41, 5.74) is -0.251. The van der Waals surface area contributed by atoms with E-state index in [0.717, 1.165) is 0 Å². The molecule has 7 nitrogen and oxygen atoms in total. The predicted molar refractivity (Wildman–Crippen MR) is 97.7 cm³/mol. The molecule has 2 atom stereocenters. The van der Waals surface area contributed by atoms with E-state index in [1.165, 1.54) is 29.2 Å². The molecule has 0 bridgehead atoms. The van der Waals surface area contributed by atoms with Crippen LogP contribution in [0.15, 0.2) is 42.9 Å². The van der Waals surface area contributed by atoms with Gasteiger partial charge in [-0.3, -0.25) is 19.6 Å².